The van der Waals surface area contributed by atoms with Gasteiger partial charge in [-0.15, -0.1) is 0 Å². The van der Waals surface area contributed by atoms with Crippen LogP contribution in [0.2, 0.25) is 0 Å². The van der Waals surface area contributed by atoms with Crippen LogP contribution in [0.5, 0.6) is 0 Å². The van der Waals surface area contributed by atoms with Crippen LogP contribution in [0.1, 0.15) is 6.42 Å². The maximum atomic E-state index is 5.93. The smallest absolute Gasteiger partial charge is 0.243 e. The fraction of sp³-hybridized carbons (Fsp3) is 0.400. The van der Waals surface area contributed by atoms with E-state index < -0.39 is 0 Å². The number of nitrogens with two attached hydrogens (primary N) is 2. The second-order valence-corrected chi connectivity index (χ2v) is 8.67. The predicted molar refractivity (Wildman–Crippen MR) is 133 cm³/mol. The molecule has 0 unspecified atom stereocenters. The summed E-state index contributed by atoms with van der Waals surface area (Å²) in [4.78, 5) is 7.56. The third-order valence-corrected chi connectivity index (χ3v) is 6.24. The number of nitrogen functional groups attached to an aromatic ring is 2. The number of rotatable bonds is 6. The summed E-state index contributed by atoms with van der Waals surface area (Å²) in [5.41, 5.74) is 15.9. The summed E-state index contributed by atoms with van der Waals surface area (Å²) in [6.07, 6.45) is 7.52. The third-order valence-electron chi connectivity index (χ3n) is 6.24. The van der Waals surface area contributed by atoms with Crippen molar-refractivity contribution in [2.45, 2.75) is 13.0 Å². The Morgan fingerprint density at radius 3 is 1.69 bits per heavy atom. The van der Waals surface area contributed by atoms with E-state index in [9.17, 15) is 0 Å². The number of hydrogen-bond acceptors (Lipinski definition) is 5. The Morgan fingerprint density at radius 2 is 1.22 bits per heavy atom. The van der Waals surface area contributed by atoms with Crippen molar-refractivity contribution >= 4 is 22.7 Å². The zero-order valence-corrected chi connectivity index (χ0v) is 19.1. The molecule has 1 aliphatic heterocycles. The Labute approximate surface area is 191 Å². The molecule has 0 saturated carbocycles. The highest BCUT2D eigenvalue weighted by molar-refractivity contribution is 5.55. The van der Waals surface area contributed by atoms with Crippen molar-refractivity contribution in [2.24, 2.45) is 7.05 Å². The molecule has 7 nitrogen and oxygen atoms in total. The van der Waals surface area contributed by atoms with E-state index in [0.29, 0.717) is 0 Å². The van der Waals surface area contributed by atoms with E-state index in [1.165, 1.54) is 11.4 Å². The molecule has 0 amide bonds. The molecule has 2 aromatic carbocycles. The van der Waals surface area contributed by atoms with Gasteiger partial charge in [-0.2, -0.15) is 0 Å². The monoisotopic (exact) mass is 434 g/mol. The van der Waals surface area contributed by atoms with Gasteiger partial charge in [0.2, 0.25) is 6.33 Å². The molecule has 0 aliphatic carbocycles. The normalized spacial score (nSPS) is 15.9. The fourth-order valence-electron chi connectivity index (χ4n) is 4.32. The van der Waals surface area contributed by atoms with Gasteiger partial charge in [-0.25, -0.2) is 9.13 Å². The van der Waals surface area contributed by atoms with Crippen LogP contribution in [0.3, 0.4) is 0 Å². The standard InChI is InChI=1S/C25H36N7/c1-28-13-14-30(21-28)12-2-11-29-15-17-31(24-7-3-22(26)4-8-24)19-20-32(18-16-29)25-9-5-23(27)6-10-25/h3-10,13-14,21H,2,11-12,15-20,26-27H2,1H3/q+1. The Kier molecular flexibility index (Phi) is 7.17. The molecule has 4 rings (SSSR count). The number of aryl methyl sites for hydroxylation is 2. The van der Waals surface area contributed by atoms with Crippen molar-refractivity contribution in [3.8, 4) is 0 Å². The molecule has 7 heteroatoms. The Bertz CT molecular complexity index is 907. The van der Waals surface area contributed by atoms with E-state index in [0.717, 1.165) is 70.2 Å². The predicted octanol–water partition coefficient (Wildman–Crippen LogP) is 2.20. The highest BCUT2D eigenvalue weighted by atomic mass is 15.3. The van der Waals surface area contributed by atoms with Gasteiger partial charge in [0.15, 0.2) is 0 Å². The van der Waals surface area contributed by atoms with E-state index in [4.69, 9.17) is 11.5 Å². The lowest BCUT2D eigenvalue weighted by Gasteiger charge is -2.29. The average Bonchev–Trinajstić information content (AvgIpc) is 3.24. The van der Waals surface area contributed by atoms with Crippen LogP contribution in [0.15, 0.2) is 67.3 Å². The van der Waals surface area contributed by atoms with Gasteiger partial charge in [0, 0.05) is 68.6 Å². The number of imidazole rings is 1. The quantitative estimate of drug-likeness (QED) is 0.460. The molecule has 0 radical (unpaired) electrons. The molecule has 0 atom stereocenters. The van der Waals surface area contributed by atoms with E-state index >= 15 is 0 Å². The summed E-state index contributed by atoms with van der Waals surface area (Å²) >= 11 is 0. The van der Waals surface area contributed by atoms with Gasteiger partial charge >= 0.3 is 0 Å². The SMILES string of the molecule is C[n+]1ccn(CCCN2CCN(c3ccc(N)cc3)CCN(c3ccc(N)cc3)CC2)c1. The first kappa shape index (κ1) is 22.0. The number of benzene rings is 2. The summed E-state index contributed by atoms with van der Waals surface area (Å²) in [7, 11) is 2.07. The Balaban J connectivity index is 1.45. The maximum Gasteiger partial charge on any atom is 0.243 e. The molecular weight excluding hydrogens is 398 g/mol. The number of aromatic nitrogens is 2. The number of hydrogen-bond donors (Lipinski definition) is 2. The lowest BCUT2D eigenvalue weighted by atomic mass is 10.2. The van der Waals surface area contributed by atoms with Crippen molar-refractivity contribution < 1.29 is 4.57 Å². The Morgan fingerprint density at radius 1 is 0.719 bits per heavy atom. The van der Waals surface area contributed by atoms with E-state index in [1.807, 2.05) is 24.3 Å². The Hall–Kier alpha value is -3.19. The highest BCUT2D eigenvalue weighted by Crippen LogP contribution is 2.20. The summed E-state index contributed by atoms with van der Waals surface area (Å²) in [5.74, 6) is 0. The molecule has 32 heavy (non-hydrogen) atoms. The minimum atomic E-state index is 0.807. The molecule has 4 N–H and O–H groups in total. The van der Waals surface area contributed by atoms with Crippen molar-refractivity contribution in [1.82, 2.24) is 9.47 Å². The van der Waals surface area contributed by atoms with Gasteiger partial charge in [0.25, 0.3) is 0 Å². The van der Waals surface area contributed by atoms with Gasteiger partial charge in [0.05, 0.1) is 13.6 Å². The molecule has 170 valence electrons. The lowest BCUT2D eigenvalue weighted by molar-refractivity contribution is -0.671. The molecule has 1 saturated heterocycles. The molecule has 1 fully saturated rings. The van der Waals surface area contributed by atoms with Crippen LogP contribution in [-0.4, -0.2) is 55.3 Å². The minimum Gasteiger partial charge on any atom is -0.399 e. The molecule has 0 spiro atoms. The number of anilines is 4. The molecule has 1 aliphatic rings. The highest BCUT2D eigenvalue weighted by Gasteiger charge is 2.17. The van der Waals surface area contributed by atoms with Gasteiger partial charge in [-0.3, -0.25) is 4.90 Å². The first-order valence-electron chi connectivity index (χ1n) is 11.5. The van der Waals surface area contributed by atoms with E-state index in [1.54, 1.807) is 0 Å². The van der Waals surface area contributed by atoms with Crippen molar-refractivity contribution in [2.75, 3.05) is 67.1 Å². The van der Waals surface area contributed by atoms with Crippen molar-refractivity contribution in [3.05, 3.63) is 67.3 Å². The first-order chi connectivity index (χ1) is 15.6. The first-order valence-corrected chi connectivity index (χ1v) is 11.5. The van der Waals surface area contributed by atoms with Crippen molar-refractivity contribution in [3.63, 3.8) is 0 Å². The zero-order chi connectivity index (χ0) is 22.3. The second-order valence-electron chi connectivity index (χ2n) is 8.67. The summed E-state index contributed by atoms with van der Waals surface area (Å²) < 4.78 is 4.35. The summed E-state index contributed by atoms with van der Waals surface area (Å²) in [6, 6.07) is 16.5. The van der Waals surface area contributed by atoms with Gasteiger partial charge < -0.3 is 21.3 Å². The largest absolute Gasteiger partial charge is 0.399 e. The van der Waals surface area contributed by atoms with Crippen LogP contribution < -0.4 is 25.8 Å². The summed E-state index contributed by atoms with van der Waals surface area (Å²) in [5, 5.41) is 0. The second kappa shape index (κ2) is 10.4. The molecule has 1 aromatic heterocycles. The topological polar surface area (TPSA) is 70.6 Å². The molecule has 0 bridgehead atoms. The average molecular weight is 435 g/mol. The van der Waals surface area contributed by atoms with Crippen LogP contribution in [0, 0.1) is 0 Å². The lowest BCUT2D eigenvalue weighted by Crippen LogP contribution is -2.37. The molecule has 3 aromatic rings. The van der Waals surface area contributed by atoms with Crippen LogP contribution in [0.25, 0.3) is 0 Å². The van der Waals surface area contributed by atoms with Crippen LogP contribution in [-0.2, 0) is 13.6 Å². The fourth-order valence-corrected chi connectivity index (χ4v) is 4.32. The minimum absolute atomic E-state index is 0.807. The van der Waals surface area contributed by atoms with Crippen molar-refractivity contribution in [1.29, 1.82) is 0 Å². The molecule has 2 heterocycles. The van der Waals surface area contributed by atoms with Crippen LogP contribution in [0.4, 0.5) is 22.7 Å². The summed E-state index contributed by atoms with van der Waals surface area (Å²) in [6.45, 7) is 8.21. The van der Waals surface area contributed by atoms with Gasteiger partial charge in [-0.05, 0) is 55.0 Å². The molecular formula is C25H36N7+. The third kappa shape index (κ3) is 5.95. The van der Waals surface area contributed by atoms with Gasteiger partial charge in [-0.1, -0.05) is 0 Å². The van der Waals surface area contributed by atoms with E-state index in [2.05, 4.69) is 73.9 Å². The van der Waals surface area contributed by atoms with Crippen LogP contribution >= 0.6 is 0 Å². The maximum absolute atomic E-state index is 5.93. The number of nitrogens with zero attached hydrogens (tertiary/aromatic N) is 5. The zero-order valence-electron chi connectivity index (χ0n) is 19.1. The van der Waals surface area contributed by atoms with E-state index in [-0.39, 0.29) is 0 Å². The van der Waals surface area contributed by atoms with Gasteiger partial charge in [0.1, 0.15) is 12.4 Å².